The Balaban J connectivity index is 1.49. The number of ether oxygens (including phenoxy) is 1. The summed E-state index contributed by atoms with van der Waals surface area (Å²) in [6.45, 7) is 1.84. The first-order valence-electron chi connectivity index (χ1n) is 8.88. The molecule has 0 radical (unpaired) electrons. The van der Waals surface area contributed by atoms with Crippen molar-refractivity contribution >= 4 is 23.5 Å². The largest absolute Gasteiger partial charge is 0.483 e. The average molecular weight is 377 g/mol. The predicted molar refractivity (Wildman–Crippen MR) is 103 cm³/mol. The number of fused-ring (bicyclic) bond motifs is 1. The summed E-state index contributed by atoms with van der Waals surface area (Å²) in [6.07, 6.45) is 1.61. The zero-order chi connectivity index (χ0) is 19.5. The van der Waals surface area contributed by atoms with Crippen LogP contribution in [0.15, 0.2) is 54.9 Å². The van der Waals surface area contributed by atoms with E-state index in [0.717, 1.165) is 11.1 Å². The minimum atomic E-state index is -0.345. The Kier molecular flexibility index (Phi) is 4.76. The first kappa shape index (κ1) is 17.7. The van der Waals surface area contributed by atoms with Crippen molar-refractivity contribution in [1.82, 2.24) is 14.8 Å². The van der Waals surface area contributed by atoms with Gasteiger partial charge in [-0.15, -0.1) is 0 Å². The highest BCUT2D eigenvalue weighted by atomic mass is 16.5. The number of nitrogens with one attached hydrogen (secondary N) is 2. The zero-order valence-corrected chi connectivity index (χ0v) is 15.3. The molecule has 142 valence electrons. The molecule has 4 rings (SSSR count). The summed E-state index contributed by atoms with van der Waals surface area (Å²) in [6, 6.07) is 14.5. The Morgan fingerprint density at radius 3 is 2.86 bits per heavy atom. The van der Waals surface area contributed by atoms with Crippen LogP contribution in [-0.2, 0) is 9.59 Å². The number of aryl methyl sites for hydroxylation is 1. The highest BCUT2D eigenvalue weighted by Crippen LogP contribution is 2.34. The zero-order valence-electron chi connectivity index (χ0n) is 15.3. The Morgan fingerprint density at radius 2 is 2.04 bits per heavy atom. The maximum absolute atomic E-state index is 12.2. The van der Waals surface area contributed by atoms with Gasteiger partial charge in [0.1, 0.15) is 12.1 Å². The van der Waals surface area contributed by atoms with Crippen LogP contribution < -0.4 is 15.4 Å². The third kappa shape index (κ3) is 3.71. The number of anilines is 2. The lowest BCUT2D eigenvalue weighted by atomic mass is 10.0. The van der Waals surface area contributed by atoms with Gasteiger partial charge in [-0.3, -0.25) is 14.9 Å². The number of aromatic nitrogens is 3. The number of hydrogen-bond acceptors (Lipinski definition) is 5. The number of amides is 2. The van der Waals surface area contributed by atoms with Gasteiger partial charge in [-0.25, -0.2) is 4.68 Å². The molecule has 2 N–H and O–H groups in total. The molecule has 0 spiro atoms. The smallest absolute Gasteiger partial charge is 0.262 e. The lowest BCUT2D eigenvalue weighted by Crippen LogP contribution is -2.29. The second-order valence-corrected chi connectivity index (χ2v) is 6.54. The summed E-state index contributed by atoms with van der Waals surface area (Å²) in [5.74, 6) is 0.523. The monoisotopic (exact) mass is 377 g/mol. The van der Waals surface area contributed by atoms with Crippen molar-refractivity contribution in [3.05, 3.63) is 66.0 Å². The van der Waals surface area contributed by atoms with Crippen molar-refractivity contribution in [3.63, 3.8) is 0 Å². The normalized spacial score (nSPS) is 15.5. The standard InChI is InChI=1S/C20H19N5O3/c1-13-6-8-14(9-7-13)23-19(27)11-28-17-5-3-2-4-15(17)16-10-18(26)24-20-21-12-22-25(16)20/h2-9,12,16H,10-11H2,1H3,(H,23,27)(H,21,22,24,26)/t16-/m0/s1. The van der Waals surface area contributed by atoms with Crippen molar-refractivity contribution in [2.24, 2.45) is 0 Å². The van der Waals surface area contributed by atoms with E-state index in [1.165, 1.54) is 6.33 Å². The van der Waals surface area contributed by atoms with Crippen LogP contribution in [0.3, 0.4) is 0 Å². The summed E-state index contributed by atoms with van der Waals surface area (Å²) >= 11 is 0. The highest BCUT2D eigenvalue weighted by molar-refractivity contribution is 5.92. The lowest BCUT2D eigenvalue weighted by molar-refractivity contribution is -0.118. The van der Waals surface area contributed by atoms with Crippen molar-refractivity contribution in [2.45, 2.75) is 19.4 Å². The highest BCUT2D eigenvalue weighted by Gasteiger charge is 2.29. The molecule has 1 atom stereocenters. The maximum Gasteiger partial charge on any atom is 0.262 e. The number of nitrogens with zero attached hydrogens (tertiary/aromatic N) is 3. The molecule has 28 heavy (non-hydrogen) atoms. The molecular formula is C20H19N5O3. The van der Waals surface area contributed by atoms with Crippen LogP contribution in [0.4, 0.5) is 11.6 Å². The van der Waals surface area contributed by atoms with Gasteiger partial charge in [0.15, 0.2) is 6.61 Å². The number of para-hydroxylation sites is 1. The molecule has 2 heterocycles. The summed E-state index contributed by atoms with van der Waals surface area (Å²) in [4.78, 5) is 28.3. The minimum absolute atomic E-state index is 0.141. The molecule has 2 amide bonds. The van der Waals surface area contributed by atoms with Gasteiger partial charge in [-0.1, -0.05) is 35.9 Å². The van der Waals surface area contributed by atoms with Crippen LogP contribution in [0, 0.1) is 6.92 Å². The van der Waals surface area contributed by atoms with Gasteiger partial charge in [-0.05, 0) is 25.1 Å². The molecule has 0 fully saturated rings. The maximum atomic E-state index is 12.2. The van der Waals surface area contributed by atoms with E-state index in [4.69, 9.17) is 4.74 Å². The Labute approximate surface area is 161 Å². The van der Waals surface area contributed by atoms with E-state index in [1.807, 2.05) is 49.4 Å². The molecule has 8 nitrogen and oxygen atoms in total. The van der Waals surface area contributed by atoms with Crippen molar-refractivity contribution in [1.29, 1.82) is 0 Å². The molecule has 1 aliphatic heterocycles. The third-order valence-electron chi connectivity index (χ3n) is 4.47. The first-order valence-corrected chi connectivity index (χ1v) is 8.88. The van der Waals surface area contributed by atoms with Gasteiger partial charge in [0.25, 0.3) is 5.91 Å². The van der Waals surface area contributed by atoms with E-state index in [9.17, 15) is 9.59 Å². The van der Waals surface area contributed by atoms with Crippen LogP contribution in [0.2, 0.25) is 0 Å². The predicted octanol–water partition coefficient (Wildman–Crippen LogP) is 2.54. The molecule has 1 aromatic heterocycles. The van der Waals surface area contributed by atoms with Gasteiger partial charge in [0, 0.05) is 11.3 Å². The topological polar surface area (TPSA) is 98.1 Å². The van der Waals surface area contributed by atoms with E-state index < -0.39 is 0 Å². The summed E-state index contributed by atoms with van der Waals surface area (Å²) < 4.78 is 7.42. The minimum Gasteiger partial charge on any atom is -0.483 e. The Bertz CT molecular complexity index is 1010. The van der Waals surface area contributed by atoms with E-state index in [1.54, 1.807) is 10.7 Å². The van der Waals surface area contributed by atoms with Crippen LogP contribution in [0.1, 0.15) is 23.6 Å². The number of benzene rings is 2. The summed E-state index contributed by atoms with van der Waals surface area (Å²) in [5.41, 5.74) is 2.60. The molecule has 0 saturated heterocycles. The van der Waals surface area contributed by atoms with Crippen molar-refractivity contribution < 1.29 is 14.3 Å². The second kappa shape index (κ2) is 7.51. The summed E-state index contributed by atoms with van der Waals surface area (Å²) in [5, 5.41) is 9.69. The van der Waals surface area contributed by atoms with Crippen LogP contribution in [0.5, 0.6) is 5.75 Å². The molecule has 8 heteroatoms. The van der Waals surface area contributed by atoms with E-state index in [0.29, 0.717) is 17.4 Å². The van der Waals surface area contributed by atoms with Crippen LogP contribution >= 0.6 is 0 Å². The lowest BCUT2D eigenvalue weighted by Gasteiger charge is -2.25. The van der Waals surface area contributed by atoms with Gasteiger partial charge >= 0.3 is 0 Å². The fourth-order valence-electron chi connectivity index (χ4n) is 3.11. The molecule has 3 aromatic rings. The van der Waals surface area contributed by atoms with Gasteiger partial charge in [-0.2, -0.15) is 10.1 Å². The fourth-order valence-corrected chi connectivity index (χ4v) is 3.11. The molecule has 0 aliphatic carbocycles. The van der Waals surface area contributed by atoms with Gasteiger partial charge < -0.3 is 10.1 Å². The average Bonchev–Trinajstić information content (AvgIpc) is 3.16. The number of carbonyl (C=O) groups excluding carboxylic acids is 2. The quantitative estimate of drug-likeness (QED) is 0.712. The molecule has 0 saturated carbocycles. The Hall–Kier alpha value is -3.68. The van der Waals surface area contributed by atoms with Gasteiger partial charge in [0.2, 0.25) is 11.9 Å². The second-order valence-electron chi connectivity index (χ2n) is 6.54. The molecule has 1 aliphatic rings. The fraction of sp³-hybridized carbons (Fsp3) is 0.200. The molecule has 2 aromatic carbocycles. The first-order chi connectivity index (χ1) is 13.6. The SMILES string of the molecule is Cc1ccc(NC(=O)COc2ccccc2[C@@H]2CC(=O)Nc3ncnn32)cc1. The molecular weight excluding hydrogens is 358 g/mol. The summed E-state index contributed by atoms with van der Waals surface area (Å²) in [7, 11) is 0. The van der Waals surface area contributed by atoms with E-state index in [-0.39, 0.29) is 30.9 Å². The van der Waals surface area contributed by atoms with Crippen LogP contribution in [-0.4, -0.2) is 33.2 Å². The molecule has 0 bridgehead atoms. The van der Waals surface area contributed by atoms with E-state index in [2.05, 4.69) is 20.7 Å². The van der Waals surface area contributed by atoms with Gasteiger partial charge in [0.05, 0.1) is 12.5 Å². The van der Waals surface area contributed by atoms with Crippen molar-refractivity contribution in [2.75, 3.05) is 17.2 Å². The van der Waals surface area contributed by atoms with E-state index >= 15 is 0 Å². The van der Waals surface area contributed by atoms with Crippen LogP contribution in [0.25, 0.3) is 0 Å². The van der Waals surface area contributed by atoms with Crippen molar-refractivity contribution in [3.8, 4) is 5.75 Å². The number of carbonyl (C=O) groups is 2. The Morgan fingerprint density at radius 1 is 1.25 bits per heavy atom. The number of rotatable bonds is 5. The number of hydrogen-bond donors (Lipinski definition) is 2. The third-order valence-corrected chi connectivity index (χ3v) is 4.47. The molecule has 0 unspecified atom stereocenters.